The second kappa shape index (κ2) is 3.38. The van der Waals surface area contributed by atoms with Crippen molar-refractivity contribution in [2.45, 2.75) is 6.92 Å². The summed E-state index contributed by atoms with van der Waals surface area (Å²) in [6.07, 6.45) is 0. The summed E-state index contributed by atoms with van der Waals surface area (Å²) in [7, 11) is 0. The third-order valence-corrected chi connectivity index (χ3v) is 3.01. The molecule has 0 saturated heterocycles. The second-order valence-electron chi connectivity index (χ2n) is 2.94. The molecule has 0 aliphatic rings. The molecule has 0 radical (unpaired) electrons. The third-order valence-electron chi connectivity index (χ3n) is 1.97. The topological polar surface area (TPSA) is 55.5 Å². The number of rotatable bonds is 2. The number of fused-ring (bicyclic) bond motifs is 1. The van der Waals surface area contributed by atoms with Gasteiger partial charge < -0.3 is 15.6 Å². The average Bonchev–Trinajstić information content (AvgIpc) is 2.49. The van der Waals surface area contributed by atoms with Gasteiger partial charge in [0.1, 0.15) is 11.5 Å². The molecule has 2 rings (SSSR count). The molecule has 0 fully saturated rings. The van der Waals surface area contributed by atoms with Crippen LogP contribution in [0.2, 0.25) is 0 Å². The molecule has 3 nitrogen and oxygen atoms in total. The van der Waals surface area contributed by atoms with E-state index in [1.165, 1.54) is 11.3 Å². The van der Waals surface area contributed by atoms with Gasteiger partial charge in [0.15, 0.2) is 0 Å². The normalized spacial score (nSPS) is 10.6. The van der Waals surface area contributed by atoms with E-state index in [2.05, 4.69) is 0 Å². The van der Waals surface area contributed by atoms with Crippen molar-refractivity contribution in [2.75, 3.05) is 12.3 Å². The molecule has 0 saturated carbocycles. The minimum Gasteiger partial charge on any atom is -0.506 e. The lowest BCUT2D eigenvalue weighted by atomic mass is 10.2. The number of nitrogen functional groups attached to an aromatic ring is 1. The highest BCUT2D eigenvalue weighted by molar-refractivity contribution is 7.18. The molecule has 2 aromatic rings. The van der Waals surface area contributed by atoms with Gasteiger partial charge in [0.05, 0.1) is 17.0 Å². The first-order valence-electron chi connectivity index (χ1n) is 4.35. The van der Waals surface area contributed by atoms with Crippen LogP contribution in [0.3, 0.4) is 0 Å². The molecule has 0 amide bonds. The Hall–Kier alpha value is -1.42. The molecule has 1 heterocycles. The van der Waals surface area contributed by atoms with Crippen LogP contribution in [0.4, 0.5) is 5.69 Å². The monoisotopic (exact) mass is 209 g/mol. The molecule has 1 aromatic carbocycles. The molecule has 4 heteroatoms. The van der Waals surface area contributed by atoms with Crippen LogP contribution in [0.1, 0.15) is 6.92 Å². The molecular weight excluding hydrogens is 198 g/mol. The highest BCUT2D eigenvalue weighted by Gasteiger charge is 2.08. The number of ether oxygens (including phenoxy) is 1. The number of thiophene rings is 1. The number of aromatic hydroxyl groups is 1. The number of benzene rings is 1. The number of nitrogens with two attached hydrogens (primary N) is 1. The van der Waals surface area contributed by atoms with Crippen LogP contribution in [0.5, 0.6) is 11.5 Å². The smallest absolute Gasteiger partial charge is 0.137 e. The van der Waals surface area contributed by atoms with E-state index in [9.17, 15) is 5.11 Å². The summed E-state index contributed by atoms with van der Waals surface area (Å²) < 4.78 is 6.12. The van der Waals surface area contributed by atoms with E-state index >= 15 is 0 Å². The Labute approximate surface area is 85.7 Å². The number of phenols is 1. The highest BCUT2D eigenvalue weighted by atomic mass is 32.1. The Morgan fingerprint density at radius 1 is 1.50 bits per heavy atom. The molecule has 74 valence electrons. The van der Waals surface area contributed by atoms with Gasteiger partial charge in [-0.1, -0.05) is 0 Å². The Morgan fingerprint density at radius 2 is 2.29 bits per heavy atom. The SMILES string of the molecule is CCOc1cc(O)c2scc(N)c2c1. The van der Waals surface area contributed by atoms with Crippen LogP contribution in [-0.2, 0) is 0 Å². The molecule has 3 N–H and O–H groups in total. The van der Waals surface area contributed by atoms with Gasteiger partial charge in [0, 0.05) is 16.8 Å². The molecule has 0 bridgehead atoms. The van der Waals surface area contributed by atoms with Crippen molar-refractivity contribution in [2.24, 2.45) is 0 Å². The van der Waals surface area contributed by atoms with E-state index in [4.69, 9.17) is 10.5 Å². The van der Waals surface area contributed by atoms with Crippen LogP contribution >= 0.6 is 11.3 Å². The maximum Gasteiger partial charge on any atom is 0.137 e. The summed E-state index contributed by atoms with van der Waals surface area (Å²) in [6, 6.07) is 3.46. The molecule has 14 heavy (non-hydrogen) atoms. The number of hydrogen-bond donors (Lipinski definition) is 2. The molecule has 0 atom stereocenters. The molecular formula is C10H11NO2S. The van der Waals surface area contributed by atoms with Gasteiger partial charge in [-0.15, -0.1) is 11.3 Å². The third kappa shape index (κ3) is 1.37. The van der Waals surface area contributed by atoms with Gasteiger partial charge in [0.25, 0.3) is 0 Å². The lowest BCUT2D eigenvalue weighted by molar-refractivity contribution is 0.338. The number of phenolic OH excluding ortho intramolecular Hbond substituents is 1. The maximum atomic E-state index is 9.67. The van der Waals surface area contributed by atoms with Crippen molar-refractivity contribution >= 4 is 27.1 Å². The van der Waals surface area contributed by atoms with Gasteiger partial charge in [0.2, 0.25) is 0 Å². The van der Waals surface area contributed by atoms with Crippen molar-refractivity contribution in [1.82, 2.24) is 0 Å². The average molecular weight is 209 g/mol. The van der Waals surface area contributed by atoms with Gasteiger partial charge in [-0.05, 0) is 13.0 Å². The van der Waals surface area contributed by atoms with Crippen molar-refractivity contribution in [3.63, 3.8) is 0 Å². The van der Waals surface area contributed by atoms with E-state index in [1.807, 2.05) is 18.4 Å². The fourth-order valence-corrected chi connectivity index (χ4v) is 2.22. The molecule has 0 spiro atoms. The summed E-state index contributed by atoms with van der Waals surface area (Å²) >= 11 is 1.44. The van der Waals surface area contributed by atoms with Gasteiger partial charge in [-0.3, -0.25) is 0 Å². The first kappa shape index (κ1) is 9.15. The Balaban J connectivity index is 2.63. The second-order valence-corrected chi connectivity index (χ2v) is 3.82. The predicted octanol–water partition coefficient (Wildman–Crippen LogP) is 2.59. The van der Waals surface area contributed by atoms with E-state index in [-0.39, 0.29) is 5.75 Å². The Kier molecular flexibility index (Phi) is 2.21. The first-order chi connectivity index (χ1) is 6.72. The fraction of sp³-hybridized carbons (Fsp3) is 0.200. The zero-order chi connectivity index (χ0) is 10.1. The van der Waals surface area contributed by atoms with E-state index in [1.54, 1.807) is 6.07 Å². The molecule has 0 unspecified atom stereocenters. The van der Waals surface area contributed by atoms with E-state index < -0.39 is 0 Å². The summed E-state index contributed by atoms with van der Waals surface area (Å²) in [6.45, 7) is 2.48. The fourth-order valence-electron chi connectivity index (χ4n) is 1.36. The van der Waals surface area contributed by atoms with Crippen LogP contribution in [0, 0.1) is 0 Å². The Bertz CT molecular complexity index is 464. The van der Waals surface area contributed by atoms with E-state index in [0.29, 0.717) is 18.0 Å². The van der Waals surface area contributed by atoms with Crippen LogP contribution in [0.15, 0.2) is 17.5 Å². The zero-order valence-electron chi connectivity index (χ0n) is 7.78. The van der Waals surface area contributed by atoms with Crippen molar-refractivity contribution < 1.29 is 9.84 Å². The van der Waals surface area contributed by atoms with Gasteiger partial charge in [-0.25, -0.2) is 0 Å². The maximum absolute atomic E-state index is 9.67. The molecule has 1 aromatic heterocycles. The zero-order valence-corrected chi connectivity index (χ0v) is 8.60. The van der Waals surface area contributed by atoms with Crippen molar-refractivity contribution in [3.05, 3.63) is 17.5 Å². The Morgan fingerprint density at radius 3 is 3.00 bits per heavy atom. The summed E-state index contributed by atoms with van der Waals surface area (Å²) in [5, 5.41) is 12.3. The highest BCUT2D eigenvalue weighted by Crippen LogP contribution is 2.38. The lowest BCUT2D eigenvalue weighted by Gasteiger charge is -2.04. The largest absolute Gasteiger partial charge is 0.506 e. The molecule has 0 aliphatic carbocycles. The van der Waals surface area contributed by atoms with E-state index in [0.717, 1.165) is 10.1 Å². The lowest BCUT2D eigenvalue weighted by Crippen LogP contribution is -1.91. The summed E-state index contributed by atoms with van der Waals surface area (Å²) in [5.74, 6) is 0.884. The summed E-state index contributed by atoms with van der Waals surface area (Å²) in [5.41, 5.74) is 6.44. The minimum atomic E-state index is 0.229. The number of hydrogen-bond acceptors (Lipinski definition) is 4. The summed E-state index contributed by atoms with van der Waals surface area (Å²) in [4.78, 5) is 0. The quantitative estimate of drug-likeness (QED) is 0.799. The standard InChI is InChI=1S/C10H11NO2S/c1-2-13-6-3-7-8(11)5-14-10(7)9(12)4-6/h3-5,12H,2,11H2,1H3. The predicted molar refractivity (Wildman–Crippen MR) is 59.1 cm³/mol. The first-order valence-corrected chi connectivity index (χ1v) is 5.23. The van der Waals surface area contributed by atoms with Gasteiger partial charge in [-0.2, -0.15) is 0 Å². The molecule has 0 aliphatic heterocycles. The van der Waals surface area contributed by atoms with Crippen molar-refractivity contribution in [1.29, 1.82) is 0 Å². The van der Waals surface area contributed by atoms with Crippen LogP contribution < -0.4 is 10.5 Å². The van der Waals surface area contributed by atoms with Crippen LogP contribution in [0.25, 0.3) is 10.1 Å². The van der Waals surface area contributed by atoms with Crippen LogP contribution in [-0.4, -0.2) is 11.7 Å². The number of anilines is 1. The minimum absolute atomic E-state index is 0.229. The van der Waals surface area contributed by atoms with Crippen molar-refractivity contribution in [3.8, 4) is 11.5 Å². The van der Waals surface area contributed by atoms with Gasteiger partial charge >= 0.3 is 0 Å².